The molecule has 1 aliphatic heterocycles. The highest BCUT2D eigenvalue weighted by molar-refractivity contribution is 4.86. The number of aliphatic hydroxyl groups is 1. The number of hydrogen-bond donors (Lipinski definition) is 2. The van der Waals surface area contributed by atoms with E-state index >= 15 is 0 Å². The highest BCUT2D eigenvalue weighted by atomic mass is 16.3. The van der Waals surface area contributed by atoms with Gasteiger partial charge in [0.15, 0.2) is 0 Å². The minimum Gasteiger partial charge on any atom is -0.395 e. The van der Waals surface area contributed by atoms with E-state index in [1.807, 2.05) is 6.92 Å². The van der Waals surface area contributed by atoms with Gasteiger partial charge in [0.25, 0.3) is 0 Å². The van der Waals surface area contributed by atoms with Crippen molar-refractivity contribution in [2.75, 3.05) is 26.7 Å². The second-order valence-corrected chi connectivity index (χ2v) is 4.06. The van der Waals surface area contributed by atoms with Crippen molar-refractivity contribution in [3.63, 3.8) is 0 Å². The Morgan fingerprint density at radius 2 is 2.25 bits per heavy atom. The van der Waals surface area contributed by atoms with E-state index in [-0.39, 0.29) is 12.6 Å². The van der Waals surface area contributed by atoms with Crippen LogP contribution in [0.2, 0.25) is 0 Å². The normalized spacial score (nSPS) is 34.0. The number of rotatable bonds is 3. The molecule has 0 aromatic carbocycles. The van der Waals surface area contributed by atoms with E-state index in [9.17, 15) is 0 Å². The maximum absolute atomic E-state index is 8.87. The van der Waals surface area contributed by atoms with Gasteiger partial charge in [-0.05, 0) is 19.9 Å². The SMILES string of the molecule is CC1CN(C)CC1N[C@@H](C)CO. The topological polar surface area (TPSA) is 35.5 Å². The molecule has 0 bridgehead atoms. The molecule has 0 spiro atoms. The van der Waals surface area contributed by atoms with Crippen LogP contribution in [0.4, 0.5) is 0 Å². The van der Waals surface area contributed by atoms with E-state index < -0.39 is 0 Å². The Bertz CT molecular complexity index is 140. The molecule has 1 fully saturated rings. The van der Waals surface area contributed by atoms with Gasteiger partial charge in [-0.2, -0.15) is 0 Å². The molecule has 3 heteroatoms. The highest BCUT2D eigenvalue weighted by Gasteiger charge is 2.27. The smallest absolute Gasteiger partial charge is 0.0582 e. The van der Waals surface area contributed by atoms with Crippen LogP contribution in [0.3, 0.4) is 0 Å². The van der Waals surface area contributed by atoms with Crippen LogP contribution in [-0.4, -0.2) is 48.8 Å². The van der Waals surface area contributed by atoms with E-state index in [1.165, 1.54) is 0 Å². The molecule has 1 saturated heterocycles. The lowest BCUT2D eigenvalue weighted by atomic mass is 10.1. The molecule has 1 aliphatic rings. The molecular weight excluding hydrogens is 152 g/mol. The van der Waals surface area contributed by atoms with Gasteiger partial charge < -0.3 is 15.3 Å². The molecule has 72 valence electrons. The first kappa shape index (κ1) is 9.96. The van der Waals surface area contributed by atoms with Crippen LogP contribution in [0, 0.1) is 5.92 Å². The van der Waals surface area contributed by atoms with Gasteiger partial charge >= 0.3 is 0 Å². The van der Waals surface area contributed by atoms with Crippen molar-refractivity contribution in [2.24, 2.45) is 5.92 Å². The van der Waals surface area contributed by atoms with Crippen LogP contribution >= 0.6 is 0 Å². The van der Waals surface area contributed by atoms with Crippen molar-refractivity contribution < 1.29 is 5.11 Å². The molecule has 0 aliphatic carbocycles. The second-order valence-electron chi connectivity index (χ2n) is 4.06. The lowest BCUT2D eigenvalue weighted by molar-refractivity contribution is 0.234. The molecule has 3 atom stereocenters. The Morgan fingerprint density at radius 3 is 2.67 bits per heavy atom. The number of aliphatic hydroxyl groups excluding tert-OH is 1. The summed E-state index contributed by atoms with van der Waals surface area (Å²) >= 11 is 0. The largest absolute Gasteiger partial charge is 0.395 e. The summed E-state index contributed by atoms with van der Waals surface area (Å²) in [4.78, 5) is 2.33. The van der Waals surface area contributed by atoms with E-state index in [0.29, 0.717) is 12.0 Å². The van der Waals surface area contributed by atoms with Crippen LogP contribution in [0.5, 0.6) is 0 Å². The molecule has 3 nitrogen and oxygen atoms in total. The fourth-order valence-corrected chi connectivity index (χ4v) is 1.84. The molecule has 12 heavy (non-hydrogen) atoms. The molecule has 2 unspecified atom stereocenters. The first-order chi connectivity index (χ1) is 5.63. The molecule has 2 N–H and O–H groups in total. The van der Waals surface area contributed by atoms with Gasteiger partial charge in [0.05, 0.1) is 6.61 Å². The van der Waals surface area contributed by atoms with E-state index in [0.717, 1.165) is 13.1 Å². The average Bonchev–Trinajstić information content (AvgIpc) is 2.30. The van der Waals surface area contributed by atoms with Crippen LogP contribution < -0.4 is 5.32 Å². The minimum absolute atomic E-state index is 0.226. The van der Waals surface area contributed by atoms with Gasteiger partial charge in [-0.25, -0.2) is 0 Å². The van der Waals surface area contributed by atoms with Crippen molar-refractivity contribution in [2.45, 2.75) is 25.9 Å². The van der Waals surface area contributed by atoms with Crippen LogP contribution in [0.25, 0.3) is 0 Å². The Balaban J connectivity index is 2.32. The van der Waals surface area contributed by atoms with Crippen LogP contribution in [-0.2, 0) is 0 Å². The molecule has 0 radical (unpaired) electrons. The van der Waals surface area contributed by atoms with E-state index in [4.69, 9.17) is 5.11 Å². The Morgan fingerprint density at radius 1 is 1.58 bits per heavy atom. The molecule has 0 amide bonds. The average molecular weight is 172 g/mol. The minimum atomic E-state index is 0.226. The lowest BCUT2D eigenvalue weighted by Gasteiger charge is -2.20. The molecule has 0 aromatic rings. The third kappa shape index (κ3) is 2.44. The quantitative estimate of drug-likeness (QED) is 0.624. The zero-order valence-electron chi connectivity index (χ0n) is 8.25. The number of hydrogen-bond acceptors (Lipinski definition) is 3. The molecular formula is C9H20N2O. The maximum Gasteiger partial charge on any atom is 0.0582 e. The fourth-order valence-electron chi connectivity index (χ4n) is 1.84. The Hall–Kier alpha value is -0.120. The number of likely N-dealkylation sites (tertiary alicyclic amines) is 1. The summed E-state index contributed by atoms with van der Waals surface area (Å²) in [5.41, 5.74) is 0. The predicted octanol–water partition coefficient (Wildman–Crippen LogP) is -0.0931. The van der Waals surface area contributed by atoms with Gasteiger partial charge in [0.2, 0.25) is 0 Å². The van der Waals surface area contributed by atoms with Crippen molar-refractivity contribution in [1.82, 2.24) is 10.2 Å². The summed E-state index contributed by atoms with van der Waals surface area (Å²) in [5.74, 6) is 0.698. The number of nitrogens with zero attached hydrogens (tertiary/aromatic N) is 1. The van der Waals surface area contributed by atoms with Crippen LogP contribution in [0.1, 0.15) is 13.8 Å². The van der Waals surface area contributed by atoms with Crippen LogP contribution in [0.15, 0.2) is 0 Å². The third-order valence-corrected chi connectivity index (χ3v) is 2.57. The second kappa shape index (κ2) is 4.21. The molecule has 0 aromatic heterocycles. The predicted molar refractivity (Wildman–Crippen MR) is 50.1 cm³/mol. The summed E-state index contributed by atoms with van der Waals surface area (Å²) < 4.78 is 0. The fraction of sp³-hybridized carbons (Fsp3) is 1.00. The first-order valence-electron chi connectivity index (χ1n) is 4.69. The standard InChI is InChI=1S/C9H20N2O/c1-7-4-11(3)5-9(7)10-8(2)6-12/h7-10,12H,4-6H2,1-3H3/t7?,8-,9?/m0/s1. The van der Waals surface area contributed by atoms with Crippen molar-refractivity contribution in [3.05, 3.63) is 0 Å². The van der Waals surface area contributed by atoms with Gasteiger partial charge in [-0.3, -0.25) is 0 Å². The lowest BCUT2D eigenvalue weighted by Crippen LogP contribution is -2.42. The summed E-state index contributed by atoms with van der Waals surface area (Å²) in [7, 11) is 2.14. The van der Waals surface area contributed by atoms with Crippen molar-refractivity contribution in [3.8, 4) is 0 Å². The van der Waals surface area contributed by atoms with Gasteiger partial charge in [0, 0.05) is 25.2 Å². The molecule has 1 rings (SSSR count). The van der Waals surface area contributed by atoms with Gasteiger partial charge in [0.1, 0.15) is 0 Å². The molecule has 0 saturated carbocycles. The maximum atomic E-state index is 8.87. The van der Waals surface area contributed by atoms with Crippen molar-refractivity contribution in [1.29, 1.82) is 0 Å². The van der Waals surface area contributed by atoms with Gasteiger partial charge in [-0.1, -0.05) is 6.92 Å². The Labute approximate surface area is 74.8 Å². The molecule has 1 heterocycles. The van der Waals surface area contributed by atoms with Gasteiger partial charge in [-0.15, -0.1) is 0 Å². The highest BCUT2D eigenvalue weighted by Crippen LogP contribution is 2.14. The zero-order chi connectivity index (χ0) is 9.14. The van der Waals surface area contributed by atoms with E-state index in [1.54, 1.807) is 0 Å². The summed E-state index contributed by atoms with van der Waals surface area (Å²) in [6, 6.07) is 0.779. The summed E-state index contributed by atoms with van der Waals surface area (Å²) in [5, 5.41) is 12.3. The number of likely N-dealkylation sites (N-methyl/N-ethyl adjacent to an activating group) is 1. The van der Waals surface area contributed by atoms with Crippen molar-refractivity contribution >= 4 is 0 Å². The first-order valence-corrected chi connectivity index (χ1v) is 4.69. The summed E-state index contributed by atoms with van der Waals surface area (Å²) in [6.07, 6.45) is 0. The number of nitrogens with one attached hydrogen (secondary N) is 1. The monoisotopic (exact) mass is 172 g/mol. The zero-order valence-corrected chi connectivity index (χ0v) is 8.25. The van der Waals surface area contributed by atoms with E-state index in [2.05, 4.69) is 24.2 Å². The Kier molecular flexibility index (Phi) is 3.50. The summed E-state index contributed by atoms with van der Waals surface area (Å²) in [6.45, 7) is 6.77. The third-order valence-electron chi connectivity index (χ3n) is 2.57.